The number of carbonyl (C=O) groups excluding carboxylic acids is 1. The van der Waals surface area contributed by atoms with Gasteiger partial charge in [-0.25, -0.2) is 4.79 Å². The molecule has 102 valence electrons. The molecule has 1 aliphatic rings. The zero-order chi connectivity index (χ0) is 14.1. The largest absolute Gasteiger partial charge is 0.366 e. The minimum absolute atomic E-state index is 0.210. The number of benzene rings is 1. The summed E-state index contributed by atoms with van der Waals surface area (Å²) in [6, 6.07) is 10.1. The summed E-state index contributed by atoms with van der Waals surface area (Å²) in [5, 5.41) is 1.75. The Morgan fingerprint density at radius 2 is 1.89 bits per heavy atom. The quantitative estimate of drug-likeness (QED) is 0.763. The number of rotatable bonds is 2. The molecule has 0 bridgehead atoms. The van der Waals surface area contributed by atoms with Crippen molar-refractivity contribution in [2.45, 2.75) is 33.2 Å². The normalized spacial score (nSPS) is 23.6. The maximum Gasteiger partial charge on any atom is 0.330 e. The molecule has 0 N–H and O–H groups in total. The molecule has 1 aromatic rings. The molecule has 1 aromatic carbocycles. The van der Waals surface area contributed by atoms with E-state index in [0.29, 0.717) is 6.54 Å². The zero-order valence-electron chi connectivity index (χ0n) is 12.0. The molecule has 2 rings (SSSR count). The zero-order valence-corrected chi connectivity index (χ0v) is 12.0. The summed E-state index contributed by atoms with van der Waals surface area (Å²) in [4.78, 5) is 17.6. The molecule has 1 heterocycles. The van der Waals surface area contributed by atoms with Gasteiger partial charge in [0.1, 0.15) is 0 Å². The van der Waals surface area contributed by atoms with Crippen LogP contribution in [0.15, 0.2) is 42.5 Å². The van der Waals surface area contributed by atoms with E-state index in [1.807, 2.05) is 57.2 Å². The second-order valence-corrected chi connectivity index (χ2v) is 6.11. The predicted molar refractivity (Wildman–Crippen MR) is 75.2 cm³/mol. The van der Waals surface area contributed by atoms with Crippen LogP contribution >= 0.6 is 0 Å². The molecule has 0 saturated carbocycles. The first kappa shape index (κ1) is 13.8. The number of nitrogens with zero attached hydrogens (tertiary/aromatic N) is 1. The van der Waals surface area contributed by atoms with Gasteiger partial charge in [0.25, 0.3) is 0 Å². The fourth-order valence-electron chi connectivity index (χ4n) is 2.04. The third kappa shape index (κ3) is 2.71. The van der Waals surface area contributed by atoms with Gasteiger partial charge in [0, 0.05) is 0 Å². The Bertz CT molecular complexity index is 487. The van der Waals surface area contributed by atoms with Crippen molar-refractivity contribution in [1.82, 2.24) is 5.06 Å². The lowest BCUT2D eigenvalue weighted by Crippen LogP contribution is -2.42. The molecule has 0 fully saturated rings. The van der Waals surface area contributed by atoms with Crippen LogP contribution in [-0.2, 0) is 15.2 Å². The Hall–Kier alpha value is -1.61. The van der Waals surface area contributed by atoms with E-state index in [4.69, 9.17) is 4.84 Å². The first-order valence-electron chi connectivity index (χ1n) is 6.57. The van der Waals surface area contributed by atoms with Crippen molar-refractivity contribution in [3.63, 3.8) is 0 Å². The molecule has 3 heteroatoms. The van der Waals surface area contributed by atoms with Gasteiger partial charge in [0.05, 0.1) is 17.5 Å². The molecule has 3 nitrogen and oxygen atoms in total. The van der Waals surface area contributed by atoms with Crippen molar-refractivity contribution >= 4 is 5.97 Å². The third-order valence-electron chi connectivity index (χ3n) is 3.40. The van der Waals surface area contributed by atoms with Crippen LogP contribution in [0.5, 0.6) is 0 Å². The summed E-state index contributed by atoms with van der Waals surface area (Å²) in [7, 11) is 0. The minimum atomic E-state index is -0.500. The summed E-state index contributed by atoms with van der Waals surface area (Å²) >= 11 is 0. The van der Waals surface area contributed by atoms with E-state index in [2.05, 4.69) is 13.0 Å². The maximum atomic E-state index is 12.0. The SMILES string of the molecule is CC(C)(C)C(=O)ON1CC=CC1(C)c1ccccc1. The molecule has 1 unspecified atom stereocenters. The lowest BCUT2D eigenvalue weighted by molar-refractivity contribution is -0.216. The Balaban J connectivity index is 2.22. The van der Waals surface area contributed by atoms with Gasteiger partial charge >= 0.3 is 5.97 Å². The van der Waals surface area contributed by atoms with Crippen molar-refractivity contribution in [2.24, 2.45) is 5.41 Å². The first-order chi connectivity index (χ1) is 8.84. The van der Waals surface area contributed by atoms with Gasteiger partial charge in [-0.15, -0.1) is 5.06 Å². The summed E-state index contributed by atoms with van der Waals surface area (Å²) in [5.41, 5.74) is 0.230. The van der Waals surface area contributed by atoms with Gasteiger partial charge in [-0.3, -0.25) is 0 Å². The Morgan fingerprint density at radius 3 is 2.47 bits per heavy atom. The van der Waals surface area contributed by atoms with Crippen molar-refractivity contribution in [2.75, 3.05) is 6.54 Å². The molecule has 0 radical (unpaired) electrons. The van der Waals surface area contributed by atoms with E-state index in [1.165, 1.54) is 0 Å². The molecule has 1 aliphatic heterocycles. The fourth-order valence-corrected chi connectivity index (χ4v) is 2.04. The molecule has 0 amide bonds. The van der Waals surface area contributed by atoms with E-state index < -0.39 is 5.41 Å². The van der Waals surface area contributed by atoms with Crippen molar-refractivity contribution in [3.8, 4) is 0 Å². The Kier molecular flexibility index (Phi) is 3.50. The van der Waals surface area contributed by atoms with Crippen molar-refractivity contribution in [3.05, 3.63) is 48.0 Å². The Labute approximate surface area is 114 Å². The van der Waals surface area contributed by atoms with Crippen LogP contribution in [0.3, 0.4) is 0 Å². The maximum absolute atomic E-state index is 12.0. The van der Waals surface area contributed by atoms with E-state index >= 15 is 0 Å². The van der Waals surface area contributed by atoms with Crippen LogP contribution < -0.4 is 0 Å². The molecular weight excluding hydrogens is 238 g/mol. The number of carbonyl (C=O) groups is 1. The Morgan fingerprint density at radius 1 is 1.26 bits per heavy atom. The van der Waals surface area contributed by atoms with Gasteiger partial charge in [-0.05, 0) is 33.3 Å². The number of hydrogen-bond acceptors (Lipinski definition) is 3. The molecule has 0 aromatic heterocycles. The topological polar surface area (TPSA) is 29.5 Å². The third-order valence-corrected chi connectivity index (χ3v) is 3.40. The van der Waals surface area contributed by atoms with Crippen LogP contribution in [0, 0.1) is 5.41 Å². The highest BCUT2D eigenvalue weighted by Crippen LogP contribution is 2.34. The number of hydrogen-bond donors (Lipinski definition) is 0. The van der Waals surface area contributed by atoms with Crippen molar-refractivity contribution in [1.29, 1.82) is 0 Å². The van der Waals surface area contributed by atoms with Gasteiger partial charge < -0.3 is 4.84 Å². The highest BCUT2D eigenvalue weighted by molar-refractivity contribution is 5.75. The van der Waals surface area contributed by atoms with Crippen LogP contribution in [0.4, 0.5) is 0 Å². The summed E-state index contributed by atoms with van der Waals surface area (Å²) < 4.78 is 0. The average molecular weight is 259 g/mol. The highest BCUT2D eigenvalue weighted by atomic mass is 16.7. The van der Waals surface area contributed by atoms with Crippen LogP contribution in [0.1, 0.15) is 33.3 Å². The predicted octanol–water partition coefficient (Wildman–Crippen LogP) is 3.28. The monoisotopic (exact) mass is 259 g/mol. The van der Waals surface area contributed by atoms with E-state index in [9.17, 15) is 4.79 Å². The summed E-state index contributed by atoms with van der Waals surface area (Å²) in [6.45, 7) is 8.26. The number of hydroxylamine groups is 2. The van der Waals surface area contributed by atoms with Crippen LogP contribution in [0.2, 0.25) is 0 Å². The smallest absolute Gasteiger partial charge is 0.330 e. The lowest BCUT2D eigenvalue weighted by Gasteiger charge is -2.34. The van der Waals surface area contributed by atoms with Gasteiger partial charge in [0.2, 0.25) is 0 Å². The lowest BCUT2D eigenvalue weighted by atomic mass is 9.93. The molecule has 19 heavy (non-hydrogen) atoms. The van der Waals surface area contributed by atoms with Crippen LogP contribution in [0.25, 0.3) is 0 Å². The minimum Gasteiger partial charge on any atom is -0.366 e. The van der Waals surface area contributed by atoms with Gasteiger partial charge in [-0.1, -0.05) is 42.5 Å². The molecule has 0 saturated heterocycles. The average Bonchev–Trinajstić information content (AvgIpc) is 2.72. The molecule has 0 aliphatic carbocycles. The van der Waals surface area contributed by atoms with E-state index in [1.54, 1.807) is 5.06 Å². The van der Waals surface area contributed by atoms with E-state index in [0.717, 1.165) is 5.56 Å². The highest BCUT2D eigenvalue weighted by Gasteiger charge is 2.39. The first-order valence-corrected chi connectivity index (χ1v) is 6.57. The second kappa shape index (κ2) is 4.82. The molecule has 0 spiro atoms. The second-order valence-electron chi connectivity index (χ2n) is 6.11. The summed E-state index contributed by atoms with van der Waals surface area (Å²) in [6.07, 6.45) is 4.11. The van der Waals surface area contributed by atoms with Crippen molar-refractivity contribution < 1.29 is 9.63 Å². The van der Waals surface area contributed by atoms with Gasteiger partial charge in [0.15, 0.2) is 0 Å². The van der Waals surface area contributed by atoms with Gasteiger partial charge in [-0.2, -0.15) is 0 Å². The fraction of sp³-hybridized carbons (Fsp3) is 0.438. The van der Waals surface area contributed by atoms with Crippen LogP contribution in [-0.4, -0.2) is 17.6 Å². The molecular formula is C16H21NO2. The van der Waals surface area contributed by atoms with E-state index in [-0.39, 0.29) is 11.5 Å². The molecule has 1 atom stereocenters. The standard InChI is InChI=1S/C16H21NO2/c1-15(2,3)14(18)19-17-12-8-11-16(17,4)13-9-6-5-7-10-13/h5-11H,12H2,1-4H3. The summed E-state index contributed by atoms with van der Waals surface area (Å²) in [5.74, 6) is -0.210.